The third kappa shape index (κ3) is 6.13. The molecule has 4 nitrogen and oxygen atoms in total. The SMILES string of the molecule is CCCCCOc1ccccc1N(C)c1ncc(C(F)(F)F)c(Sc2ccccc2)n1. The molecule has 0 saturated carbocycles. The Hall–Kier alpha value is -2.74. The number of para-hydroxylation sites is 2. The predicted molar refractivity (Wildman–Crippen MR) is 117 cm³/mol. The molecular formula is C23H24F3N3OS. The van der Waals surface area contributed by atoms with Crippen molar-refractivity contribution in [3.05, 3.63) is 66.4 Å². The van der Waals surface area contributed by atoms with E-state index in [-0.39, 0.29) is 11.0 Å². The van der Waals surface area contributed by atoms with E-state index in [4.69, 9.17) is 4.74 Å². The van der Waals surface area contributed by atoms with Crippen LogP contribution in [0.5, 0.6) is 5.75 Å². The summed E-state index contributed by atoms with van der Waals surface area (Å²) in [5.74, 6) is 0.804. The summed E-state index contributed by atoms with van der Waals surface area (Å²) in [6.45, 7) is 2.69. The van der Waals surface area contributed by atoms with Crippen molar-refractivity contribution in [3.8, 4) is 5.75 Å². The molecule has 1 heterocycles. The topological polar surface area (TPSA) is 38.2 Å². The lowest BCUT2D eigenvalue weighted by atomic mass is 10.2. The van der Waals surface area contributed by atoms with Crippen LogP contribution in [0.3, 0.4) is 0 Å². The van der Waals surface area contributed by atoms with Crippen molar-refractivity contribution >= 4 is 23.4 Å². The van der Waals surface area contributed by atoms with Gasteiger partial charge in [-0.1, -0.05) is 61.9 Å². The highest BCUT2D eigenvalue weighted by Crippen LogP contribution is 2.39. The molecule has 8 heteroatoms. The first-order chi connectivity index (χ1) is 14.9. The Balaban J connectivity index is 1.91. The third-order valence-electron chi connectivity index (χ3n) is 4.54. The second-order valence-corrected chi connectivity index (χ2v) is 7.95. The predicted octanol–water partition coefficient (Wildman–Crippen LogP) is 6.98. The van der Waals surface area contributed by atoms with Crippen molar-refractivity contribution in [2.45, 2.75) is 42.3 Å². The zero-order chi connectivity index (χ0) is 22.3. The van der Waals surface area contributed by atoms with Crippen LogP contribution in [0.25, 0.3) is 0 Å². The first-order valence-corrected chi connectivity index (χ1v) is 10.8. The molecule has 0 fully saturated rings. The van der Waals surface area contributed by atoms with E-state index in [0.29, 0.717) is 22.9 Å². The Bertz CT molecular complexity index is 983. The Morgan fingerprint density at radius 1 is 1.00 bits per heavy atom. The summed E-state index contributed by atoms with van der Waals surface area (Å²) < 4.78 is 46.5. The van der Waals surface area contributed by atoms with Crippen LogP contribution in [0.4, 0.5) is 24.8 Å². The molecule has 2 aromatic carbocycles. The Morgan fingerprint density at radius 3 is 2.42 bits per heavy atom. The van der Waals surface area contributed by atoms with Crippen molar-refractivity contribution in [2.24, 2.45) is 0 Å². The van der Waals surface area contributed by atoms with Gasteiger partial charge in [-0.25, -0.2) is 9.97 Å². The standard InChI is InChI=1S/C23H24F3N3OS/c1-3-4-10-15-30-20-14-9-8-13-19(20)29(2)22-27-16-18(23(24,25)26)21(28-22)31-17-11-6-5-7-12-17/h5-9,11-14,16H,3-4,10,15H2,1-2H3. The number of benzene rings is 2. The van der Waals surface area contributed by atoms with Crippen LogP contribution >= 0.6 is 11.8 Å². The second kappa shape index (κ2) is 10.5. The van der Waals surface area contributed by atoms with E-state index in [1.54, 1.807) is 36.2 Å². The van der Waals surface area contributed by atoms with Gasteiger partial charge in [-0.15, -0.1) is 0 Å². The van der Waals surface area contributed by atoms with Crippen LogP contribution in [0.1, 0.15) is 31.7 Å². The number of unbranched alkanes of at least 4 members (excludes halogenated alkanes) is 2. The fraction of sp³-hybridized carbons (Fsp3) is 0.304. The summed E-state index contributed by atoms with van der Waals surface area (Å²) >= 11 is 0.962. The normalized spacial score (nSPS) is 11.4. The van der Waals surface area contributed by atoms with Gasteiger partial charge in [0.25, 0.3) is 0 Å². The Morgan fingerprint density at radius 2 is 1.71 bits per heavy atom. The molecule has 31 heavy (non-hydrogen) atoms. The minimum Gasteiger partial charge on any atom is -0.491 e. The third-order valence-corrected chi connectivity index (χ3v) is 5.55. The van der Waals surface area contributed by atoms with Gasteiger partial charge in [0.1, 0.15) is 16.3 Å². The van der Waals surface area contributed by atoms with Gasteiger partial charge in [-0.2, -0.15) is 13.2 Å². The van der Waals surface area contributed by atoms with Crippen molar-refractivity contribution in [1.29, 1.82) is 0 Å². The van der Waals surface area contributed by atoms with Gasteiger partial charge in [-0.05, 0) is 30.7 Å². The number of hydrogen-bond acceptors (Lipinski definition) is 5. The molecule has 0 aliphatic rings. The van der Waals surface area contributed by atoms with Crippen LogP contribution in [-0.4, -0.2) is 23.6 Å². The summed E-state index contributed by atoms with van der Waals surface area (Å²) in [5, 5.41) is -0.142. The highest BCUT2D eigenvalue weighted by molar-refractivity contribution is 7.99. The summed E-state index contributed by atoms with van der Waals surface area (Å²) in [4.78, 5) is 10.6. The zero-order valence-electron chi connectivity index (χ0n) is 17.4. The van der Waals surface area contributed by atoms with Crippen molar-refractivity contribution in [3.63, 3.8) is 0 Å². The average Bonchev–Trinajstić information content (AvgIpc) is 2.76. The van der Waals surface area contributed by atoms with Gasteiger partial charge < -0.3 is 9.64 Å². The maximum Gasteiger partial charge on any atom is 0.420 e. The van der Waals surface area contributed by atoms with Gasteiger partial charge in [0.2, 0.25) is 5.95 Å². The number of anilines is 2. The molecule has 0 unspecified atom stereocenters. The molecule has 0 amide bonds. The lowest BCUT2D eigenvalue weighted by Gasteiger charge is -2.22. The highest BCUT2D eigenvalue weighted by atomic mass is 32.2. The van der Waals surface area contributed by atoms with E-state index >= 15 is 0 Å². The van der Waals surface area contributed by atoms with E-state index in [9.17, 15) is 13.2 Å². The smallest absolute Gasteiger partial charge is 0.420 e. The first-order valence-electron chi connectivity index (χ1n) is 10.0. The molecule has 0 saturated heterocycles. The van der Waals surface area contributed by atoms with E-state index in [0.717, 1.165) is 37.2 Å². The van der Waals surface area contributed by atoms with E-state index < -0.39 is 11.7 Å². The van der Waals surface area contributed by atoms with Crippen LogP contribution < -0.4 is 9.64 Å². The Kier molecular flexibility index (Phi) is 7.79. The summed E-state index contributed by atoms with van der Waals surface area (Å²) in [6, 6.07) is 16.2. The molecule has 0 spiro atoms. The fourth-order valence-corrected chi connectivity index (χ4v) is 3.81. The van der Waals surface area contributed by atoms with E-state index in [1.807, 2.05) is 30.3 Å². The van der Waals surface area contributed by atoms with Gasteiger partial charge in [0.15, 0.2) is 0 Å². The largest absolute Gasteiger partial charge is 0.491 e. The zero-order valence-corrected chi connectivity index (χ0v) is 18.2. The number of halogens is 3. The summed E-state index contributed by atoms with van der Waals surface area (Å²) in [7, 11) is 1.72. The first kappa shape index (κ1) is 22.9. The van der Waals surface area contributed by atoms with Gasteiger partial charge >= 0.3 is 6.18 Å². The van der Waals surface area contributed by atoms with Gasteiger partial charge in [-0.3, -0.25) is 0 Å². The minimum absolute atomic E-state index is 0.142. The fourth-order valence-electron chi connectivity index (χ4n) is 2.89. The molecule has 0 N–H and O–H groups in total. The minimum atomic E-state index is -4.55. The molecule has 1 aromatic heterocycles. The molecule has 164 valence electrons. The monoisotopic (exact) mass is 447 g/mol. The van der Waals surface area contributed by atoms with Crippen molar-refractivity contribution in [2.75, 3.05) is 18.6 Å². The number of hydrogen-bond donors (Lipinski definition) is 0. The van der Waals surface area contributed by atoms with Crippen LogP contribution in [-0.2, 0) is 6.18 Å². The molecule has 0 radical (unpaired) electrons. The lowest BCUT2D eigenvalue weighted by Crippen LogP contribution is -2.17. The number of ether oxygens (including phenoxy) is 1. The molecular weight excluding hydrogens is 423 g/mol. The molecule has 0 atom stereocenters. The van der Waals surface area contributed by atoms with Crippen LogP contribution in [0.2, 0.25) is 0 Å². The number of alkyl halides is 3. The maximum atomic E-state index is 13.5. The highest BCUT2D eigenvalue weighted by Gasteiger charge is 2.35. The maximum absolute atomic E-state index is 13.5. The lowest BCUT2D eigenvalue weighted by molar-refractivity contribution is -0.140. The molecule has 0 aliphatic carbocycles. The number of aromatic nitrogens is 2. The van der Waals surface area contributed by atoms with Crippen molar-refractivity contribution in [1.82, 2.24) is 9.97 Å². The van der Waals surface area contributed by atoms with Crippen LogP contribution in [0.15, 0.2) is 70.7 Å². The quantitative estimate of drug-likeness (QED) is 0.261. The van der Waals surface area contributed by atoms with Gasteiger partial charge in [0.05, 0.1) is 12.3 Å². The molecule has 3 rings (SSSR count). The number of nitrogens with zero attached hydrogens (tertiary/aromatic N) is 3. The second-order valence-electron chi connectivity index (χ2n) is 6.88. The van der Waals surface area contributed by atoms with E-state index in [1.165, 1.54) is 0 Å². The van der Waals surface area contributed by atoms with Crippen LogP contribution in [0, 0.1) is 0 Å². The Labute approximate surface area is 184 Å². The molecule has 0 aliphatic heterocycles. The van der Waals surface area contributed by atoms with E-state index in [2.05, 4.69) is 16.9 Å². The number of rotatable bonds is 9. The summed E-state index contributed by atoms with van der Waals surface area (Å²) in [5.41, 5.74) is -0.169. The molecule has 0 bridgehead atoms. The molecule has 3 aromatic rings. The average molecular weight is 448 g/mol. The summed E-state index contributed by atoms with van der Waals surface area (Å²) in [6.07, 6.45) is -0.612. The van der Waals surface area contributed by atoms with Gasteiger partial charge in [0, 0.05) is 18.1 Å². The van der Waals surface area contributed by atoms with Crippen molar-refractivity contribution < 1.29 is 17.9 Å².